The molecule has 1 heterocycles. The molecule has 1 unspecified atom stereocenters. The molecule has 128 valence electrons. The summed E-state index contributed by atoms with van der Waals surface area (Å²) in [6, 6.07) is 7.52. The third-order valence-corrected chi connectivity index (χ3v) is 5.59. The summed E-state index contributed by atoms with van der Waals surface area (Å²) in [5.41, 5.74) is -0.331. The highest BCUT2D eigenvalue weighted by atomic mass is 35.5. The Kier molecular flexibility index (Phi) is 4.89. The lowest BCUT2D eigenvalue weighted by molar-refractivity contribution is 0.0595. The summed E-state index contributed by atoms with van der Waals surface area (Å²) in [7, 11) is 3.91. The molecule has 0 saturated carbocycles. The number of rotatable bonds is 4. The molecule has 0 radical (unpaired) electrons. The van der Waals surface area contributed by atoms with Crippen LogP contribution in [0.4, 0.5) is 8.78 Å². The van der Waals surface area contributed by atoms with Crippen molar-refractivity contribution >= 4 is 23.4 Å². The molecule has 0 aliphatic carbocycles. The number of hydrogen-bond acceptors (Lipinski definition) is 3. The summed E-state index contributed by atoms with van der Waals surface area (Å²) < 4.78 is 27.5. The second-order valence-corrected chi connectivity index (χ2v) is 7.79. The first-order valence-corrected chi connectivity index (χ1v) is 8.85. The van der Waals surface area contributed by atoms with E-state index in [1.54, 1.807) is 12.1 Å². The van der Waals surface area contributed by atoms with E-state index >= 15 is 0 Å². The maximum absolute atomic E-state index is 13.8. The minimum atomic E-state index is -1.38. The highest BCUT2D eigenvalue weighted by Crippen LogP contribution is 2.51. The van der Waals surface area contributed by atoms with E-state index in [2.05, 4.69) is 0 Å². The van der Waals surface area contributed by atoms with Gasteiger partial charge >= 0.3 is 0 Å². The van der Waals surface area contributed by atoms with Gasteiger partial charge in [-0.1, -0.05) is 23.4 Å². The fourth-order valence-corrected chi connectivity index (χ4v) is 4.42. The zero-order chi connectivity index (χ0) is 17.5. The van der Waals surface area contributed by atoms with Crippen LogP contribution in [0.1, 0.15) is 24.0 Å². The molecule has 1 atom stereocenters. The number of nitrogens with zero attached hydrogens (tertiary/aromatic N) is 1. The van der Waals surface area contributed by atoms with Crippen LogP contribution >= 0.6 is 23.4 Å². The Hall–Kier alpha value is -1.14. The minimum Gasteiger partial charge on any atom is -0.380 e. The van der Waals surface area contributed by atoms with Crippen molar-refractivity contribution in [3.8, 4) is 0 Å². The fraction of sp³-hybridized carbons (Fsp3) is 0.333. The van der Waals surface area contributed by atoms with E-state index < -0.39 is 17.2 Å². The molecular weight excluding hydrogens is 352 g/mol. The van der Waals surface area contributed by atoms with Gasteiger partial charge in [-0.3, -0.25) is 0 Å². The third kappa shape index (κ3) is 3.18. The van der Waals surface area contributed by atoms with Crippen LogP contribution in [0, 0.1) is 11.6 Å². The Morgan fingerprint density at radius 3 is 2.46 bits per heavy atom. The molecule has 1 aliphatic rings. The number of aliphatic hydroxyl groups is 1. The van der Waals surface area contributed by atoms with E-state index in [9.17, 15) is 13.9 Å². The van der Waals surface area contributed by atoms with Crippen molar-refractivity contribution in [1.29, 1.82) is 0 Å². The van der Waals surface area contributed by atoms with Crippen molar-refractivity contribution in [3.05, 3.63) is 58.1 Å². The van der Waals surface area contributed by atoms with Gasteiger partial charge in [0.2, 0.25) is 0 Å². The van der Waals surface area contributed by atoms with Gasteiger partial charge in [0.25, 0.3) is 0 Å². The van der Waals surface area contributed by atoms with Gasteiger partial charge < -0.3 is 10.0 Å². The van der Waals surface area contributed by atoms with E-state index in [4.69, 9.17) is 11.6 Å². The average Bonchev–Trinajstić information content (AvgIpc) is 2.50. The summed E-state index contributed by atoms with van der Waals surface area (Å²) in [6.45, 7) is 0.782. The molecule has 0 spiro atoms. The minimum absolute atomic E-state index is 0.400. The summed E-state index contributed by atoms with van der Waals surface area (Å²) in [5, 5.41) is 12.0. The van der Waals surface area contributed by atoms with Crippen LogP contribution in [-0.4, -0.2) is 30.6 Å². The van der Waals surface area contributed by atoms with Crippen LogP contribution in [0.3, 0.4) is 0 Å². The Morgan fingerprint density at radius 1 is 1.08 bits per heavy atom. The molecule has 0 fully saturated rings. The van der Waals surface area contributed by atoms with Crippen LogP contribution in [0.5, 0.6) is 0 Å². The lowest BCUT2D eigenvalue weighted by Gasteiger charge is -2.36. The number of halogens is 3. The Bertz CT molecular complexity index is 784. The fourth-order valence-electron chi connectivity index (χ4n) is 3.03. The molecule has 0 aromatic heterocycles. The van der Waals surface area contributed by atoms with Crippen molar-refractivity contribution in [2.45, 2.75) is 28.2 Å². The lowest BCUT2D eigenvalue weighted by Crippen LogP contribution is -2.32. The van der Waals surface area contributed by atoms with Gasteiger partial charge in [-0.25, -0.2) is 8.78 Å². The molecular formula is C18H18ClF2NOS. The smallest absolute Gasteiger partial charge is 0.159 e. The summed E-state index contributed by atoms with van der Waals surface area (Å²) in [6.07, 6.45) is 1.11. The first kappa shape index (κ1) is 17.7. The number of hydrogen-bond donors (Lipinski definition) is 1. The summed E-state index contributed by atoms with van der Waals surface area (Å²) in [4.78, 5) is 3.37. The van der Waals surface area contributed by atoms with Gasteiger partial charge in [0.05, 0.1) is 0 Å². The molecule has 6 heteroatoms. The number of benzene rings is 2. The molecule has 2 nitrogen and oxygen atoms in total. The van der Waals surface area contributed by atoms with Crippen LogP contribution in [-0.2, 0) is 5.60 Å². The zero-order valence-electron chi connectivity index (χ0n) is 13.4. The van der Waals surface area contributed by atoms with Crippen molar-refractivity contribution in [2.24, 2.45) is 0 Å². The summed E-state index contributed by atoms with van der Waals surface area (Å²) in [5.74, 6) is -1.86. The highest BCUT2D eigenvalue weighted by molar-refractivity contribution is 7.99. The van der Waals surface area contributed by atoms with Gasteiger partial charge in [-0.05, 0) is 63.8 Å². The van der Waals surface area contributed by atoms with Gasteiger partial charge in [0.1, 0.15) is 5.60 Å². The molecule has 0 amide bonds. The van der Waals surface area contributed by atoms with Crippen LogP contribution < -0.4 is 0 Å². The first-order valence-electron chi connectivity index (χ1n) is 7.66. The molecule has 0 bridgehead atoms. The molecule has 2 aromatic rings. The van der Waals surface area contributed by atoms with E-state index in [0.29, 0.717) is 33.9 Å². The largest absolute Gasteiger partial charge is 0.380 e. The molecule has 0 saturated heterocycles. The van der Waals surface area contributed by atoms with Gasteiger partial charge in [-0.2, -0.15) is 0 Å². The number of fused-ring (bicyclic) bond motifs is 2. The SMILES string of the molecule is CN(C)CCCC1(O)c2cc(Cl)ccc2Sc2cc(F)c(F)cc21. The summed E-state index contributed by atoms with van der Waals surface area (Å²) >= 11 is 7.43. The monoisotopic (exact) mass is 369 g/mol. The quantitative estimate of drug-likeness (QED) is 0.847. The average molecular weight is 370 g/mol. The molecule has 3 rings (SSSR count). The molecule has 24 heavy (non-hydrogen) atoms. The van der Waals surface area contributed by atoms with Gasteiger partial charge in [0.15, 0.2) is 11.6 Å². The van der Waals surface area contributed by atoms with E-state index in [1.807, 2.05) is 25.1 Å². The normalized spacial score (nSPS) is 19.3. The maximum atomic E-state index is 13.8. The first-order chi connectivity index (χ1) is 11.3. The Balaban J connectivity index is 2.11. The highest BCUT2D eigenvalue weighted by Gasteiger charge is 2.40. The second kappa shape index (κ2) is 6.64. The maximum Gasteiger partial charge on any atom is 0.159 e. The molecule has 2 aromatic carbocycles. The van der Waals surface area contributed by atoms with Crippen molar-refractivity contribution in [2.75, 3.05) is 20.6 Å². The van der Waals surface area contributed by atoms with E-state index in [-0.39, 0.29) is 0 Å². The van der Waals surface area contributed by atoms with Crippen LogP contribution in [0.15, 0.2) is 40.1 Å². The molecule has 1 aliphatic heterocycles. The van der Waals surface area contributed by atoms with Crippen molar-refractivity contribution in [1.82, 2.24) is 4.90 Å². The topological polar surface area (TPSA) is 23.5 Å². The van der Waals surface area contributed by atoms with Crippen LogP contribution in [0.25, 0.3) is 0 Å². The van der Waals surface area contributed by atoms with E-state index in [0.717, 1.165) is 23.6 Å². The Labute approximate surface area is 149 Å². The Morgan fingerprint density at radius 2 is 1.75 bits per heavy atom. The molecule has 1 N–H and O–H groups in total. The second-order valence-electron chi connectivity index (χ2n) is 6.27. The van der Waals surface area contributed by atoms with Crippen LogP contribution in [0.2, 0.25) is 5.02 Å². The van der Waals surface area contributed by atoms with Crippen molar-refractivity contribution in [3.63, 3.8) is 0 Å². The predicted octanol–water partition coefficient (Wildman–Crippen LogP) is 4.66. The van der Waals surface area contributed by atoms with Gasteiger partial charge in [-0.15, -0.1) is 0 Å². The zero-order valence-corrected chi connectivity index (χ0v) is 15.0. The third-order valence-electron chi connectivity index (χ3n) is 4.22. The lowest BCUT2D eigenvalue weighted by atomic mass is 9.82. The van der Waals surface area contributed by atoms with Gasteiger partial charge in [0, 0.05) is 25.9 Å². The predicted molar refractivity (Wildman–Crippen MR) is 92.7 cm³/mol. The van der Waals surface area contributed by atoms with E-state index in [1.165, 1.54) is 11.8 Å². The standard InChI is InChI=1S/C18H18ClF2NOS/c1-22(2)7-3-6-18(23)12-8-11(19)4-5-16(12)24-17-10-15(21)14(20)9-13(17)18/h4-5,8-10,23H,3,6-7H2,1-2H3. The van der Waals surface area contributed by atoms with Crippen molar-refractivity contribution < 1.29 is 13.9 Å².